The Morgan fingerprint density at radius 3 is 2.39 bits per heavy atom. The van der Waals surface area contributed by atoms with E-state index in [1.807, 2.05) is 41.2 Å². The van der Waals surface area contributed by atoms with Gasteiger partial charge in [-0.25, -0.2) is 0 Å². The molecule has 2 heterocycles. The molecule has 0 unspecified atom stereocenters. The summed E-state index contributed by atoms with van der Waals surface area (Å²) < 4.78 is 1.95. The number of hydrogen-bond donors (Lipinski definition) is 2. The number of benzene rings is 1. The largest absolute Gasteiger partial charge is 0.378 e. The van der Waals surface area contributed by atoms with Gasteiger partial charge in [-0.2, -0.15) is 0 Å². The number of aromatic nitrogens is 1. The van der Waals surface area contributed by atoms with Gasteiger partial charge in [0.05, 0.1) is 6.54 Å². The summed E-state index contributed by atoms with van der Waals surface area (Å²) in [7, 11) is 0. The average Bonchev–Trinajstić information content (AvgIpc) is 3.09. The minimum atomic E-state index is -1.63. The van der Waals surface area contributed by atoms with E-state index < -0.39 is 11.5 Å². The van der Waals surface area contributed by atoms with E-state index >= 15 is 0 Å². The number of aliphatic hydroxyl groups is 1. The molecule has 1 aromatic carbocycles. The standard InChI is InChI=1S/C17H19N3O3/c18-16(22)17(23)8-3-11-20(12-17)15(21)13-4-6-14(7-5-13)19-9-1-2-10-19/h1-2,4-7,9-10,23H,3,8,11-12H2,(H2,18,22)/t17-/m0/s1. The highest BCUT2D eigenvalue weighted by molar-refractivity contribution is 5.95. The molecule has 1 fully saturated rings. The minimum absolute atomic E-state index is 0.0550. The van der Waals surface area contributed by atoms with Crippen LogP contribution in [0.5, 0.6) is 0 Å². The number of nitrogens with zero attached hydrogens (tertiary/aromatic N) is 2. The highest BCUT2D eigenvalue weighted by atomic mass is 16.3. The number of piperidine rings is 1. The van der Waals surface area contributed by atoms with Gasteiger partial charge in [0.25, 0.3) is 11.8 Å². The van der Waals surface area contributed by atoms with E-state index in [0.717, 1.165) is 5.69 Å². The minimum Gasteiger partial charge on any atom is -0.378 e. The van der Waals surface area contributed by atoms with E-state index in [0.29, 0.717) is 24.9 Å². The van der Waals surface area contributed by atoms with Crippen molar-refractivity contribution in [2.24, 2.45) is 5.73 Å². The summed E-state index contributed by atoms with van der Waals surface area (Å²) in [6.45, 7) is 0.453. The van der Waals surface area contributed by atoms with Crippen LogP contribution in [0, 0.1) is 0 Å². The molecule has 2 amide bonds. The Morgan fingerprint density at radius 2 is 1.78 bits per heavy atom. The van der Waals surface area contributed by atoms with Gasteiger partial charge in [0, 0.05) is 30.2 Å². The Labute approximate surface area is 134 Å². The predicted octanol–water partition coefficient (Wildman–Crippen LogP) is 0.930. The number of amides is 2. The fourth-order valence-electron chi connectivity index (χ4n) is 2.88. The second-order valence-corrected chi connectivity index (χ2v) is 5.86. The highest BCUT2D eigenvalue weighted by Crippen LogP contribution is 2.22. The van der Waals surface area contributed by atoms with Crippen LogP contribution >= 0.6 is 0 Å². The van der Waals surface area contributed by atoms with Gasteiger partial charge < -0.3 is 20.3 Å². The summed E-state index contributed by atoms with van der Waals surface area (Å²) >= 11 is 0. The summed E-state index contributed by atoms with van der Waals surface area (Å²) in [6.07, 6.45) is 4.69. The zero-order chi connectivity index (χ0) is 16.4. The van der Waals surface area contributed by atoms with Crippen molar-refractivity contribution in [3.63, 3.8) is 0 Å². The normalized spacial score (nSPS) is 21.2. The molecular weight excluding hydrogens is 294 g/mol. The van der Waals surface area contributed by atoms with Gasteiger partial charge in [-0.05, 0) is 49.2 Å². The smallest absolute Gasteiger partial charge is 0.253 e. The molecule has 1 aromatic heterocycles. The lowest BCUT2D eigenvalue weighted by molar-refractivity contribution is -0.140. The van der Waals surface area contributed by atoms with Crippen LogP contribution < -0.4 is 5.73 Å². The van der Waals surface area contributed by atoms with Gasteiger partial charge in [-0.15, -0.1) is 0 Å². The SMILES string of the molecule is NC(=O)[C@]1(O)CCCN(C(=O)c2ccc(-n3cccc3)cc2)C1. The predicted molar refractivity (Wildman–Crippen MR) is 85.1 cm³/mol. The molecular formula is C17H19N3O3. The van der Waals surface area contributed by atoms with E-state index in [-0.39, 0.29) is 12.5 Å². The molecule has 3 rings (SSSR count). The summed E-state index contributed by atoms with van der Waals surface area (Å²) in [5.41, 5.74) is 5.10. The molecule has 23 heavy (non-hydrogen) atoms. The third-order valence-corrected chi connectivity index (χ3v) is 4.23. The molecule has 0 aliphatic carbocycles. The second kappa shape index (κ2) is 5.89. The van der Waals surface area contributed by atoms with Gasteiger partial charge in [0.2, 0.25) is 0 Å². The van der Waals surface area contributed by atoms with Crippen LogP contribution in [0.2, 0.25) is 0 Å². The maximum Gasteiger partial charge on any atom is 0.253 e. The number of hydrogen-bond acceptors (Lipinski definition) is 3. The maximum atomic E-state index is 12.6. The monoisotopic (exact) mass is 313 g/mol. The number of nitrogens with two attached hydrogens (primary N) is 1. The highest BCUT2D eigenvalue weighted by Gasteiger charge is 2.40. The van der Waals surface area contributed by atoms with Gasteiger partial charge in [0.1, 0.15) is 0 Å². The third kappa shape index (κ3) is 2.98. The van der Waals surface area contributed by atoms with Crippen LogP contribution in [0.25, 0.3) is 5.69 Å². The van der Waals surface area contributed by atoms with Gasteiger partial charge in [0.15, 0.2) is 5.60 Å². The molecule has 3 N–H and O–H groups in total. The van der Waals surface area contributed by atoms with E-state index in [9.17, 15) is 14.7 Å². The van der Waals surface area contributed by atoms with Crippen LogP contribution in [0.3, 0.4) is 0 Å². The quantitative estimate of drug-likeness (QED) is 0.883. The Hall–Kier alpha value is -2.60. The molecule has 6 nitrogen and oxygen atoms in total. The van der Waals surface area contributed by atoms with Crippen LogP contribution in [0.4, 0.5) is 0 Å². The third-order valence-electron chi connectivity index (χ3n) is 4.23. The lowest BCUT2D eigenvalue weighted by Crippen LogP contribution is -2.57. The van der Waals surface area contributed by atoms with Gasteiger partial charge in [-0.3, -0.25) is 9.59 Å². The molecule has 0 radical (unpaired) electrons. The van der Waals surface area contributed by atoms with Crippen molar-refractivity contribution in [2.45, 2.75) is 18.4 Å². The summed E-state index contributed by atoms with van der Waals surface area (Å²) in [6, 6.07) is 11.1. The van der Waals surface area contributed by atoms with Crippen LogP contribution in [-0.4, -0.2) is 45.1 Å². The van der Waals surface area contributed by atoms with E-state index in [1.54, 1.807) is 12.1 Å². The van der Waals surface area contributed by atoms with Crippen molar-refractivity contribution in [1.82, 2.24) is 9.47 Å². The number of likely N-dealkylation sites (tertiary alicyclic amines) is 1. The van der Waals surface area contributed by atoms with Gasteiger partial charge in [-0.1, -0.05) is 0 Å². The van der Waals surface area contributed by atoms with Crippen LogP contribution in [0.1, 0.15) is 23.2 Å². The Morgan fingerprint density at radius 1 is 1.13 bits per heavy atom. The first kappa shape index (κ1) is 15.3. The fourth-order valence-corrected chi connectivity index (χ4v) is 2.88. The lowest BCUT2D eigenvalue weighted by atomic mass is 9.92. The first-order chi connectivity index (χ1) is 11.0. The zero-order valence-electron chi connectivity index (χ0n) is 12.7. The fraction of sp³-hybridized carbons (Fsp3) is 0.294. The van der Waals surface area contributed by atoms with Crippen LogP contribution in [0.15, 0.2) is 48.8 Å². The first-order valence-electron chi connectivity index (χ1n) is 7.55. The second-order valence-electron chi connectivity index (χ2n) is 5.86. The average molecular weight is 313 g/mol. The lowest BCUT2D eigenvalue weighted by Gasteiger charge is -2.37. The molecule has 0 bridgehead atoms. The molecule has 1 saturated heterocycles. The summed E-state index contributed by atoms with van der Waals surface area (Å²) in [5.74, 6) is -0.985. The number of primary amides is 1. The number of rotatable bonds is 3. The van der Waals surface area contributed by atoms with Crippen molar-refractivity contribution in [3.8, 4) is 5.69 Å². The number of carbonyl (C=O) groups is 2. The topological polar surface area (TPSA) is 88.6 Å². The van der Waals surface area contributed by atoms with Crippen molar-refractivity contribution < 1.29 is 14.7 Å². The molecule has 1 aliphatic heterocycles. The zero-order valence-corrected chi connectivity index (χ0v) is 12.7. The van der Waals surface area contributed by atoms with Crippen LogP contribution in [-0.2, 0) is 4.79 Å². The summed E-state index contributed by atoms with van der Waals surface area (Å²) in [4.78, 5) is 25.4. The van der Waals surface area contributed by atoms with E-state index in [4.69, 9.17) is 5.73 Å². The molecule has 1 atom stereocenters. The molecule has 6 heteroatoms. The van der Waals surface area contributed by atoms with Crippen molar-refractivity contribution in [1.29, 1.82) is 0 Å². The Balaban J connectivity index is 1.76. The number of carbonyl (C=O) groups excluding carboxylic acids is 2. The molecule has 120 valence electrons. The molecule has 0 saturated carbocycles. The Bertz CT molecular complexity index is 709. The van der Waals surface area contributed by atoms with Crippen molar-refractivity contribution in [2.75, 3.05) is 13.1 Å². The van der Waals surface area contributed by atoms with E-state index in [2.05, 4.69) is 0 Å². The summed E-state index contributed by atoms with van der Waals surface area (Å²) in [5, 5.41) is 10.2. The van der Waals surface area contributed by atoms with Crippen molar-refractivity contribution >= 4 is 11.8 Å². The number of β-amino-alcohol motifs (C(OH)–C–C–N with tert-alkyl or cyclic N) is 1. The van der Waals surface area contributed by atoms with E-state index in [1.165, 1.54) is 4.90 Å². The molecule has 2 aromatic rings. The Kier molecular flexibility index (Phi) is 3.92. The first-order valence-corrected chi connectivity index (χ1v) is 7.55. The molecule has 0 spiro atoms. The van der Waals surface area contributed by atoms with Gasteiger partial charge >= 0.3 is 0 Å². The molecule has 1 aliphatic rings. The maximum absolute atomic E-state index is 12.6. The van der Waals surface area contributed by atoms with Crippen molar-refractivity contribution in [3.05, 3.63) is 54.4 Å².